The van der Waals surface area contributed by atoms with Gasteiger partial charge in [0, 0.05) is 18.6 Å². The average Bonchev–Trinajstić information content (AvgIpc) is 2.30. The summed E-state index contributed by atoms with van der Waals surface area (Å²) >= 11 is 0. The molecule has 0 bridgehead atoms. The molecule has 0 saturated carbocycles. The van der Waals surface area contributed by atoms with Crippen LogP contribution in [0.2, 0.25) is 0 Å². The summed E-state index contributed by atoms with van der Waals surface area (Å²) in [6, 6.07) is 6.45. The Balaban J connectivity index is 2.44. The lowest BCUT2D eigenvalue weighted by Gasteiger charge is -2.02. The monoisotopic (exact) mass is 237 g/mol. The number of non-ortho nitro benzene ring substituents is 1. The third-order valence-corrected chi connectivity index (χ3v) is 2.27. The molecule has 0 spiro atoms. The molecule has 5 heteroatoms. The number of nitro benzene ring substituents is 1. The lowest BCUT2D eigenvalue weighted by atomic mass is 10.1. The predicted octanol–water partition coefficient (Wildman–Crippen LogP) is 2.48. The number of hydrogen-bond donors (Lipinski definition) is 0. The van der Waals surface area contributed by atoms with Crippen LogP contribution in [0.15, 0.2) is 24.3 Å². The first-order valence-corrected chi connectivity index (χ1v) is 5.52. The minimum Gasteiger partial charge on any atom is -0.466 e. The number of carbonyl (C=O) groups is 1. The number of aryl methyl sites for hydroxylation is 1. The van der Waals surface area contributed by atoms with Gasteiger partial charge in [0.1, 0.15) is 0 Å². The molecule has 1 aromatic carbocycles. The SMILES string of the molecule is CCOC(=O)CCCc1cccc([N+](=O)[O-])c1. The maximum absolute atomic E-state index is 11.1. The Labute approximate surface area is 99.5 Å². The van der Waals surface area contributed by atoms with E-state index in [1.54, 1.807) is 13.0 Å². The summed E-state index contributed by atoms with van der Waals surface area (Å²) in [4.78, 5) is 21.2. The van der Waals surface area contributed by atoms with Crippen molar-refractivity contribution in [1.29, 1.82) is 0 Å². The molecule has 0 radical (unpaired) electrons. The Morgan fingerprint density at radius 1 is 1.47 bits per heavy atom. The zero-order valence-electron chi connectivity index (χ0n) is 9.72. The van der Waals surface area contributed by atoms with Gasteiger partial charge in [0.15, 0.2) is 0 Å². The largest absolute Gasteiger partial charge is 0.466 e. The Kier molecular flexibility index (Phi) is 5.13. The number of carbonyl (C=O) groups excluding carboxylic acids is 1. The molecule has 0 unspecified atom stereocenters. The molecule has 0 aromatic heterocycles. The van der Waals surface area contributed by atoms with E-state index < -0.39 is 4.92 Å². The number of nitrogens with zero attached hydrogens (tertiary/aromatic N) is 1. The fourth-order valence-electron chi connectivity index (χ4n) is 1.50. The van der Waals surface area contributed by atoms with E-state index in [9.17, 15) is 14.9 Å². The summed E-state index contributed by atoms with van der Waals surface area (Å²) in [5.74, 6) is -0.224. The molecule has 0 N–H and O–H groups in total. The normalized spacial score (nSPS) is 9.94. The summed E-state index contributed by atoms with van der Waals surface area (Å²) in [5.41, 5.74) is 0.946. The summed E-state index contributed by atoms with van der Waals surface area (Å²) in [7, 11) is 0. The highest BCUT2D eigenvalue weighted by molar-refractivity contribution is 5.69. The molecule has 1 rings (SSSR count). The van der Waals surface area contributed by atoms with Crippen molar-refractivity contribution < 1.29 is 14.5 Å². The van der Waals surface area contributed by atoms with Crippen LogP contribution in [0.25, 0.3) is 0 Å². The number of rotatable bonds is 6. The molecule has 5 nitrogen and oxygen atoms in total. The number of benzene rings is 1. The van der Waals surface area contributed by atoms with Gasteiger partial charge in [0.25, 0.3) is 5.69 Å². The second-order valence-electron chi connectivity index (χ2n) is 3.59. The summed E-state index contributed by atoms with van der Waals surface area (Å²) < 4.78 is 4.79. The third-order valence-electron chi connectivity index (χ3n) is 2.27. The van der Waals surface area contributed by atoms with Crippen LogP contribution in [0.5, 0.6) is 0 Å². The Morgan fingerprint density at radius 3 is 2.88 bits per heavy atom. The summed E-state index contributed by atoms with van der Waals surface area (Å²) in [6.07, 6.45) is 1.62. The van der Waals surface area contributed by atoms with E-state index in [1.807, 2.05) is 6.07 Å². The molecule has 0 amide bonds. The van der Waals surface area contributed by atoms with Crippen LogP contribution < -0.4 is 0 Å². The van der Waals surface area contributed by atoms with Crippen LogP contribution in [0, 0.1) is 10.1 Å². The van der Waals surface area contributed by atoms with E-state index in [1.165, 1.54) is 12.1 Å². The fraction of sp³-hybridized carbons (Fsp3) is 0.417. The van der Waals surface area contributed by atoms with Gasteiger partial charge in [-0.15, -0.1) is 0 Å². The van der Waals surface area contributed by atoms with Gasteiger partial charge >= 0.3 is 5.97 Å². The second-order valence-corrected chi connectivity index (χ2v) is 3.59. The van der Waals surface area contributed by atoms with Crippen LogP contribution in [-0.4, -0.2) is 17.5 Å². The first kappa shape index (κ1) is 13.2. The van der Waals surface area contributed by atoms with Gasteiger partial charge in [-0.1, -0.05) is 12.1 Å². The van der Waals surface area contributed by atoms with Crippen molar-refractivity contribution in [1.82, 2.24) is 0 Å². The molecule has 0 saturated heterocycles. The van der Waals surface area contributed by atoms with Crippen molar-refractivity contribution in [2.24, 2.45) is 0 Å². The molecule has 17 heavy (non-hydrogen) atoms. The van der Waals surface area contributed by atoms with E-state index >= 15 is 0 Å². The summed E-state index contributed by atoms with van der Waals surface area (Å²) in [5, 5.41) is 10.6. The van der Waals surface area contributed by atoms with Crippen molar-refractivity contribution in [3.8, 4) is 0 Å². The first-order chi connectivity index (χ1) is 8.13. The molecule has 92 valence electrons. The average molecular weight is 237 g/mol. The van der Waals surface area contributed by atoms with Crippen LogP contribution >= 0.6 is 0 Å². The van der Waals surface area contributed by atoms with E-state index in [2.05, 4.69) is 0 Å². The molecular weight excluding hydrogens is 222 g/mol. The van der Waals surface area contributed by atoms with Crippen molar-refractivity contribution in [3.63, 3.8) is 0 Å². The van der Waals surface area contributed by atoms with Crippen LogP contribution in [0.3, 0.4) is 0 Å². The maximum Gasteiger partial charge on any atom is 0.305 e. The lowest BCUT2D eigenvalue weighted by Crippen LogP contribution is -2.04. The molecule has 0 atom stereocenters. The second kappa shape index (κ2) is 6.62. The first-order valence-electron chi connectivity index (χ1n) is 5.52. The zero-order valence-corrected chi connectivity index (χ0v) is 9.72. The standard InChI is InChI=1S/C12H15NO4/c1-2-17-12(14)8-4-6-10-5-3-7-11(9-10)13(15)16/h3,5,7,9H,2,4,6,8H2,1H3. The van der Waals surface area contributed by atoms with Gasteiger partial charge < -0.3 is 4.74 Å². The summed E-state index contributed by atoms with van der Waals surface area (Å²) in [6.45, 7) is 2.15. The molecule has 0 fully saturated rings. The Morgan fingerprint density at radius 2 is 2.24 bits per heavy atom. The highest BCUT2D eigenvalue weighted by Gasteiger charge is 2.06. The lowest BCUT2D eigenvalue weighted by molar-refractivity contribution is -0.384. The fourth-order valence-corrected chi connectivity index (χ4v) is 1.50. The predicted molar refractivity (Wildman–Crippen MR) is 62.7 cm³/mol. The van der Waals surface area contributed by atoms with Gasteiger partial charge in [0.05, 0.1) is 11.5 Å². The molecule has 0 aliphatic heterocycles. The topological polar surface area (TPSA) is 69.4 Å². The third kappa shape index (κ3) is 4.63. The number of esters is 1. The van der Waals surface area contributed by atoms with Crippen LogP contribution in [0.1, 0.15) is 25.3 Å². The maximum atomic E-state index is 11.1. The highest BCUT2D eigenvalue weighted by Crippen LogP contribution is 2.14. The van der Waals surface area contributed by atoms with Gasteiger partial charge in [0.2, 0.25) is 0 Å². The molecule has 1 aromatic rings. The zero-order chi connectivity index (χ0) is 12.7. The van der Waals surface area contributed by atoms with Gasteiger partial charge in [-0.3, -0.25) is 14.9 Å². The number of nitro groups is 1. The van der Waals surface area contributed by atoms with E-state index in [-0.39, 0.29) is 11.7 Å². The highest BCUT2D eigenvalue weighted by atomic mass is 16.6. The van der Waals surface area contributed by atoms with Crippen molar-refractivity contribution >= 4 is 11.7 Å². The van der Waals surface area contributed by atoms with Crippen molar-refractivity contribution in [2.45, 2.75) is 26.2 Å². The number of ether oxygens (including phenoxy) is 1. The minimum absolute atomic E-state index is 0.0821. The van der Waals surface area contributed by atoms with E-state index in [0.717, 1.165) is 5.56 Å². The number of hydrogen-bond acceptors (Lipinski definition) is 4. The molecule has 0 aliphatic rings. The Hall–Kier alpha value is -1.91. The van der Waals surface area contributed by atoms with Crippen LogP contribution in [0.4, 0.5) is 5.69 Å². The minimum atomic E-state index is -0.422. The van der Waals surface area contributed by atoms with E-state index in [0.29, 0.717) is 25.9 Å². The van der Waals surface area contributed by atoms with Crippen molar-refractivity contribution in [3.05, 3.63) is 39.9 Å². The molecular formula is C12H15NO4. The van der Waals surface area contributed by atoms with Gasteiger partial charge in [-0.25, -0.2) is 0 Å². The van der Waals surface area contributed by atoms with Gasteiger partial charge in [-0.05, 0) is 25.3 Å². The smallest absolute Gasteiger partial charge is 0.305 e. The van der Waals surface area contributed by atoms with Crippen molar-refractivity contribution in [2.75, 3.05) is 6.61 Å². The van der Waals surface area contributed by atoms with Gasteiger partial charge in [-0.2, -0.15) is 0 Å². The Bertz CT molecular complexity index is 403. The van der Waals surface area contributed by atoms with E-state index in [4.69, 9.17) is 4.74 Å². The quantitative estimate of drug-likeness (QED) is 0.433. The molecule has 0 aliphatic carbocycles. The van der Waals surface area contributed by atoms with Crippen LogP contribution in [-0.2, 0) is 16.0 Å². The molecule has 0 heterocycles.